The Bertz CT molecular complexity index is 475. The first kappa shape index (κ1) is 17.5. The van der Waals surface area contributed by atoms with Gasteiger partial charge in [-0.1, -0.05) is 0 Å². The number of piperidine rings is 2. The number of carboxylic acids is 1. The smallest absolute Gasteiger partial charge is 0.328 e. The number of methoxy groups -OCH3 is 1. The maximum absolute atomic E-state index is 11.8. The number of hydrogen-bond acceptors (Lipinski definition) is 5. The van der Waals surface area contributed by atoms with Crippen LogP contribution in [0.3, 0.4) is 0 Å². The fourth-order valence-electron chi connectivity index (χ4n) is 3.37. The number of carbonyl (C=O) groups is 3. The molecule has 0 aromatic rings. The Morgan fingerprint density at radius 1 is 1.00 bits per heavy atom. The second kappa shape index (κ2) is 8.10. The lowest BCUT2D eigenvalue weighted by atomic mass is 9.93. The van der Waals surface area contributed by atoms with Crippen LogP contribution >= 0.6 is 0 Å². The van der Waals surface area contributed by atoms with E-state index in [0.29, 0.717) is 19.1 Å². The molecule has 0 aromatic carbocycles. The van der Waals surface area contributed by atoms with Gasteiger partial charge in [0, 0.05) is 31.3 Å². The summed E-state index contributed by atoms with van der Waals surface area (Å²) in [6, 6.07) is 0.432. The maximum Gasteiger partial charge on any atom is 0.328 e. The van der Waals surface area contributed by atoms with Crippen molar-refractivity contribution < 1.29 is 24.2 Å². The predicted octanol–water partition coefficient (Wildman–Crippen LogP) is 0.503. The molecular formula is C16H24N2O5. The molecule has 2 heterocycles. The molecule has 2 saturated heterocycles. The molecule has 1 N–H and O–H groups in total. The minimum atomic E-state index is -1.11. The Balaban J connectivity index is 1.76. The zero-order chi connectivity index (χ0) is 16.8. The molecule has 2 rings (SSSR count). The van der Waals surface area contributed by atoms with Crippen LogP contribution in [0.2, 0.25) is 0 Å². The zero-order valence-electron chi connectivity index (χ0n) is 13.4. The third-order valence-corrected chi connectivity index (χ3v) is 4.73. The van der Waals surface area contributed by atoms with Gasteiger partial charge in [0.1, 0.15) is 0 Å². The molecule has 0 unspecified atom stereocenters. The molecular weight excluding hydrogens is 300 g/mol. The Labute approximate surface area is 135 Å². The van der Waals surface area contributed by atoms with Crippen LogP contribution in [0.15, 0.2) is 12.2 Å². The number of nitrogens with zero attached hydrogens (tertiary/aromatic N) is 2. The highest BCUT2D eigenvalue weighted by Gasteiger charge is 2.31. The van der Waals surface area contributed by atoms with Crippen LogP contribution in [0.4, 0.5) is 0 Å². The number of amides is 1. The summed E-state index contributed by atoms with van der Waals surface area (Å²) in [4.78, 5) is 37.9. The van der Waals surface area contributed by atoms with Crippen LogP contribution in [-0.4, -0.2) is 72.1 Å². The number of aliphatic carboxylic acids is 1. The Morgan fingerprint density at radius 2 is 1.61 bits per heavy atom. The third-order valence-electron chi connectivity index (χ3n) is 4.73. The van der Waals surface area contributed by atoms with Gasteiger partial charge in [-0.15, -0.1) is 0 Å². The van der Waals surface area contributed by atoms with Crippen molar-refractivity contribution in [3.05, 3.63) is 12.2 Å². The van der Waals surface area contributed by atoms with Crippen LogP contribution in [-0.2, 0) is 19.1 Å². The molecule has 2 fully saturated rings. The van der Waals surface area contributed by atoms with Crippen molar-refractivity contribution in [2.45, 2.75) is 31.7 Å². The standard InChI is InChI=1S/C16H24N2O5/c1-23-16(22)12-4-8-17(9-5-12)13-6-10-18(11-7-13)14(19)2-3-15(20)21/h2-3,12-13H,4-11H2,1H3,(H,20,21). The highest BCUT2D eigenvalue weighted by molar-refractivity contribution is 5.93. The first-order valence-electron chi connectivity index (χ1n) is 8.03. The average Bonchev–Trinajstić information content (AvgIpc) is 2.59. The molecule has 7 heteroatoms. The van der Waals surface area contributed by atoms with Gasteiger partial charge in [0.2, 0.25) is 5.91 Å². The van der Waals surface area contributed by atoms with Gasteiger partial charge < -0.3 is 19.6 Å². The molecule has 0 spiro atoms. The van der Waals surface area contributed by atoms with Crippen molar-refractivity contribution in [1.82, 2.24) is 9.80 Å². The Morgan fingerprint density at radius 3 is 2.13 bits per heavy atom. The highest BCUT2D eigenvalue weighted by atomic mass is 16.5. The van der Waals surface area contributed by atoms with Crippen molar-refractivity contribution in [2.75, 3.05) is 33.3 Å². The minimum Gasteiger partial charge on any atom is -0.478 e. The minimum absolute atomic E-state index is 0.0130. The van der Waals surface area contributed by atoms with E-state index in [-0.39, 0.29) is 17.8 Å². The summed E-state index contributed by atoms with van der Waals surface area (Å²) in [5.41, 5.74) is 0. The van der Waals surface area contributed by atoms with Crippen molar-refractivity contribution in [2.24, 2.45) is 5.92 Å². The molecule has 0 saturated carbocycles. The molecule has 0 atom stereocenters. The maximum atomic E-state index is 11.8. The second-order valence-corrected chi connectivity index (χ2v) is 6.06. The first-order valence-corrected chi connectivity index (χ1v) is 8.03. The lowest BCUT2D eigenvalue weighted by Gasteiger charge is -2.41. The van der Waals surface area contributed by atoms with Gasteiger partial charge in [0.15, 0.2) is 0 Å². The molecule has 23 heavy (non-hydrogen) atoms. The number of carbonyl (C=O) groups excluding carboxylic acids is 2. The van der Waals surface area contributed by atoms with E-state index < -0.39 is 5.97 Å². The van der Waals surface area contributed by atoms with Crippen LogP contribution in [0.25, 0.3) is 0 Å². The van der Waals surface area contributed by atoms with Crippen molar-refractivity contribution in [3.63, 3.8) is 0 Å². The summed E-state index contributed by atoms with van der Waals surface area (Å²) in [6.07, 6.45) is 5.42. The van der Waals surface area contributed by atoms with Crippen molar-refractivity contribution >= 4 is 17.8 Å². The Hall–Kier alpha value is -1.89. The second-order valence-electron chi connectivity index (χ2n) is 6.06. The predicted molar refractivity (Wildman–Crippen MR) is 82.7 cm³/mol. The van der Waals surface area contributed by atoms with Gasteiger partial charge in [-0.25, -0.2) is 4.79 Å². The van der Waals surface area contributed by atoms with Crippen molar-refractivity contribution in [3.8, 4) is 0 Å². The lowest BCUT2D eigenvalue weighted by molar-refractivity contribution is -0.147. The van der Waals surface area contributed by atoms with E-state index in [4.69, 9.17) is 9.84 Å². The van der Waals surface area contributed by atoms with E-state index in [1.54, 1.807) is 4.90 Å². The van der Waals surface area contributed by atoms with Crippen molar-refractivity contribution in [1.29, 1.82) is 0 Å². The van der Waals surface area contributed by atoms with E-state index in [0.717, 1.165) is 50.9 Å². The summed E-state index contributed by atoms with van der Waals surface area (Å²) in [5, 5.41) is 8.55. The van der Waals surface area contributed by atoms with Crippen LogP contribution < -0.4 is 0 Å². The van der Waals surface area contributed by atoms with E-state index in [2.05, 4.69) is 4.90 Å². The summed E-state index contributed by atoms with van der Waals surface area (Å²) in [7, 11) is 1.43. The van der Waals surface area contributed by atoms with E-state index in [1.165, 1.54) is 7.11 Å². The van der Waals surface area contributed by atoms with E-state index >= 15 is 0 Å². The quantitative estimate of drug-likeness (QED) is 0.599. The number of rotatable bonds is 4. The van der Waals surface area contributed by atoms with Gasteiger partial charge in [-0.3, -0.25) is 9.59 Å². The van der Waals surface area contributed by atoms with E-state index in [9.17, 15) is 14.4 Å². The van der Waals surface area contributed by atoms with Crippen LogP contribution in [0.1, 0.15) is 25.7 Å². The van der Waals surface area contributed by atoms with Gasteiger partial charge in [-0.2, -0.15) is 0 Å². The molecule has 0 aromatic heterocycles. The van der Waals surface area contributed by atoms with Crippen LogP contribution in [0.5, 0.6) is 0 Å². The topological polar surface area (TPSA) is 87.2 Å². The number of carboxylic acid groups (broad SMARTS) is 1. The number of likely N-dealkylation sites (tertiary alicyclic amines) is 2. The van der Waals surface area contributed by atoms with E-state index in [1.807, 2.05) is 0 Å². The highest BCUT2D eigenvalue weighted by Crippen LogP contribution is 2.24. The monoisotopic (exact) mass is 324 g/mol. The normalized spacial score (nSPS) is 21.5. The number of ether oxygens (including phenoxy) is 1. The molecule has 0 radical (unpaired) electrons. The summed E-state index contributed by atoms with van der Waals surface area (Å²) in [5.74, 6) is -1.45. The first-order chi connectivity index (χ1) is 11.0. The van der Waals surface area contributed by atoms with Crippen LogP contribution in [0, 0.1) is 5.92 Å². The molecule has 7 nitrogen and oxygen atoms in total. The summed E-state index contributed by atoms with van der Waals surface area (Å²) in [6.45, 7) is 3.06. The van der Waals surface area contributed by atoms with Gasteiger partial charge in [0.25, 0.3) is 0 Å². The fourth-order valence-corrected chi connectivity index (χ4v) is 3.37. The SMILES string of the molecule is COC(=O)C1CCN(C2CCN(C(=O)C=CC(=O)O)CC2)CC1. The molecule has 0 aliphatic carbocycles. The Kier molecular flexibility index (Phi) is 6.15. The largest absolute Gasteiger partial charge is 0.478 e. The molecule has 0 bridgehead atoms. The van der Waals surface area contributed by atoms with Gasteiger partial charge >= 0.3 is 11.9 Å². The molecule has 2 aliphatic rings. The number of hydrogen-bond donors (Lipinski definition) is 1. The molecule has 2 aliphatic heterocycles. The van der Waals surface area contributed by atoms with Gasteiger partial charge in [0.05, 0.1) is 13.0 Å². The summed E-state index contributed by atoms with van der Waals surface area (Å²) < 4.78 is 4.80. The molecule has 1 amide bonds. The number of esters is 1. The average molecular weight is 324 g/mol. The van der Waals surface area contributed by atoms with Gasteiger partial charge in [-0.05, 0) is 38.8 Å². The lowest BCUT2D eigenvalue weighted by Crippen LogP contribution is -2.49. The summed E-state index contributed by atoms with van der Waals surface area (Å²) >= 11 is 0. The third kappa shape index (κ3) is 4.79. The zero-order valence-corrected chi connectivity index (χ0v) is 13.4. The molecule has 128 valence electrons. The fraction of sp³-hybridized carbons (Fsp3) is 0.688.